The van der Waals surface area contributed by atoms with Crippen molar-refractivity contribution >= 4 is 17.2 Å². The maximum absolute atomic E-state index is 4.28. The summed E-state index contributed by atoms with van der Waals surface area (Å²) in [5.74, 6) is 0.864. The predicted molar refractivity (Wildman–Crippen MR) is 83.1 cm³/mol. The van der Waals surface area contributed by atoms with Gasteiger partial charge in [0, 0.05) is 30.2 Å². The fourth-order valence-corrected chi connectivity index (χ4v) is 1.99. The third-order valence-corrected chi connectivity index (χ3v) is 3.04. The lowest BCUT2D eigenvalue weighted by Crippen LogP contribution is -2.16. The van der Waals surface area contributed by atoms with Crippen LogP contribution in [-0.4, -0.2) is 12.9 Å². The summed E-state index contributed by atoms with van der Waals surface area (Å²) >= 11 is 0. The monoisotopic (exact) mass is 253 g/mol. The van der Waals surface area contributed by atoms with E-state index in [4.69, 9.17) is 0 Å². The van der Waals surface area contributed by atoms with Gasteiger partial charge in [0.1, 0.15) is 5.84 Å². The summed E-state index contributed by atoms with van der Waals surface area (Å²) in [5, 5.41) is 6.45. The molecule has 0 unspecified atom stereocenters. The Morgan fingerprint density at radius 2 is 1.95 bits per heavy atom. The van der Waals surface area contributed by atoms with Crippen LogP contribution in [0.25, 0.3) is 5.70 Å². The third kappa shape index (κ3) is 2.76. The molecule has 0 aliphatic carbocycles. The molecular formula is C16H19N3. The molecule has 1 heterocycles. The number of hydrogen-bond acceptors (Lipinski definition) is 2. The first-order chi connectivity index (χ1) is 9.15. The van der Waals surface area contributed by atoms with Crippen molar-refractivity contribution in [2.24, 2.45) is 4.99 Å². The zero-order valence-electron chi connectivity index (χ0n) is 11.6. The lowest BCUT2D eigenvalue weighted by molar-refractivity contribution is 1.29. The predicted octanol–water partition coefficient (Wildman–Crippen LogP) is 3.55. The van der Waals surface area contributed by atoms with Gasteiger partial charge in [-0.3, -0.25) is 0 Å². The molecule has 0 radical (unpaired) electrons. The van der Waals surface area contributed by atoms with Crippen molar-refractivity contribution in [2.45, 2.75) is 13.8 Å². The summed E-state index contributed by atoms with van der Waals surface area (Å²) < 4.78 is 0. The number of amidine groups is 1. The number of anilines is 1. The van der Waals surface area contributed by atoms with Crippen LogP contribution in [-0.2, 0) is 0 Å². The molecule has 0 spiro atoms. The van der Waals surface area contributed by atoms with Crippen molar-refractivity contribution in [1.82, 2.24) is 5.32 Å². The minimum Gasteiger partial charge on any atom is -0.388 e. The second-order valence-corrected chi connectivity index (χ2v) is 4.58. The van der Waals surface area contributed by atoms with Crippen molar-refractivity contribution in [3.05, 3.63) is 59.8 Å². The Morgan fingerprint density at radius 1 is 1.26 bits per heavy atom. The van der Waals surface area contributed by atoms with E-state index in [1.807, 2.05) is 7.05 Å². The van der Waals surface area contributed by atoms with E-state index in [0.29, 0.717) is 0 Å². The zero-order valence-corrected chi connectivity index (χ0v) is 11.6. The fraction of sp³-hybridized carbons (Fsp3) is 0.188. The number of aliphatic imine (C=N–C) groups is 1. The summed E-state index contributed by atoms with van der Waals surface area (Å²) in [6, 6.07) is 8.29. The zero-order chi connectivity index (χ0) is 13.8. The smallest absolute Gasteiger partial charge is 0.137 e. The van der Waals surface area contributed by atoms with Gasteiger partial charge in [0.2, 0.25) is 0 Å². The molecule has 3 nitrogen and oxygen atoms in total. The fourth-order valence-electron chi connectivity index (χ4n) is 1.99. The second-order valence-electron chi connectivity index (χ2n) is 4.58. The quantitative estimate of drug-likeness (QED) is 0.864. The summed E-state index contributed by atoms with van der Waals surface area (Å²) in [7, 11) is 1.91. The Balaban J connectivity index is 2.36. The number of nitrogens with one attached hydrogen (secondary N) is 2. The number of hydrogen-bond donors (Lipinski definition) is 2. The molecule has 2 rings (SSSR count). The molecular weight excluding hydrogens is 234 g/mol. The van der Waals surface area contributed by atoms with E-state index in [0.717, 1.165) is 28.4 Å². The van der Waals surface area contributed by atoms with Gasteiger partial charge in [-0.2, -0.15) is 0 Å². The Morgan fingerprint density at radius 3 is 2.47 bits per heavy atom. The van der Waals surface area contributed by atoms with Crippen LogP contribution in [0, 0.1) is 0 Å². The summed E-state index contributed by atoms with van der Waals surface area (Å²) in [4.78, 5) is 4.28. The summed E-state index contributed by atoms with van der Waals surface area (Å²) in [6.45, 7) is 7.82. The highest BCUT2D eigenvalue weighted by Crippen LogP contribution is 2.24. The van der Waals surface area contributed by atoms with Gasteiger partial charge in [-0.1, -0.05) is 24.3 Å². The van der Waals surface area contributed by atoms with E-state index in [9.17, 15) is 0 Å². The Labute approximate surface area is 114 Å². The average molecular weight is 253 g/mol. The standard InChI is InChI=1S/C16H19N3/c1-5-18-16-14(11(2)3)10-15(19-16)12-6-8-13(17-4)9-7-12/h5-10,17H,1H2,2-4H3,(H,18,19). The Kier molecular flexibility index (Phi) is 3.85. The first-order valence-electron chi connectivity index (χ1n) is 6.29. The van der Waals surface area contributed by atoms with Crippen LogP contribution in [0.5, 0.6) is 0 Å². The van der Waals surface area contributed by atoms with Gasteiger partial charge in [0.25, 0.3) is 0 Å². The molecule has 98 valence electrons. The van der Waals surface area contributed by atoms with Gasteiger partial charge in [-0.05, 0) is 37.6 Å². The van der Waals surface area contributed by atoms with E-state index in [-0.39, 0.29) is 0 Å². The summed E-state index contributed by atoms with van der Waals surface area (Å²) in [6.07, 6.45) is 3.69. The van der Waals surface area contributed by atoms with Crippen molar-refractivity contribution in [2.75, 3.05) is 12.4 Å². The van der Waals surface area contributed by atoms with Crippen LogP contribution in [0.15, 0.2) is 59.3 Å². The molecule has 0 fully saturated rings. The lowest BCUT2D eigenvalue weighted by Gasteiger charge is -2.06. The molecule has 2 N–H and O–H groups in total. The highest BCUT2D eigenvalue weighted by atomic mass is 15.0. The van der Waals surface area contributed by atoms with E-state index < -0.39 is 0 Å². The molecule has 19 heavy (non-hydrogen) atoms. The minimum absolute atomic E-state index is 0.864. The van der Waals surface area contributed by atoms with Gasteiger partial charge < -0.3 is 10.6 Å². The maximum Gasteiger partial charge on any atom is 0.137 e. The first kappa shape index (κ1) is 13.1. The van der Waals surface area contributed by atoms with Crippen LogP contribution in [0.1, 0.15) is 19.4 Å². The van der Waals surface area contributed by atoms with Crippen molar-refractivity contribution in [3.63, 3.8) is 0 Å². The molecule has 0 aromatic heterocycles. The molecule has 0 bridgehead atoms. The second kappa shape index (κ2) is 5.57. The highest BCUT2D eigenvalue weighted by molar-refractivity contribution is 6.11. The molecule has 1 aliphatic rings. The van der Waals surface area contributed by atoms with Crippen LogP contribution >= 0.6 is 0 Å². The third-order valence-electron chi connectivity index (χ3n) is 3.04. The van der Waals surface area contributed by atoms with Crippen LogP contribution < -0.4 is 10.6 Å². The normalized spacial score (nSPS) is 16.1. The topological polar surface area (TPSA) is 36.4 Å². The summed E-state index contributed by atoms with van der Waals surface area (Å²) in [5.41, 5.74) is 5.68. The van der Waals surface area contributed by atoms with Gasteiger partial charge >= 0.3 is 0 Å². The molecule has 0 saturated heterocycles. The van der Waals surface area contributed by atoms with Crippen LogP contribution in [0.2, 0.25) is 0 Å². The largest absolute Gasteiger partial charge is 0.388 e. The number of benzene rings is 1. The van der Waals surface area contributed by atoms with Gasteiger partial charge in [-0.25, -0.2) is 4.99 Å². The molecule has 1 aromatic carbocycles. The first-order valence-corrected chi connectivity index (χ1v) is 6.29. The Hall–Kier alpha value is -2.29. The van der Waals surface area contributed by atoms with Crippen molar-refractivity contribution < 1.29 is 0 Å². The minimum atomic E-state index is 0.864. The highest BCUT2D eigenvalue weighted by Gasteiger charge is 2.17. The number of rotatable bonds is 3. The van der Waals surface area contributed by atoms with Crippen molar-refractivity contribution in [3.8, 4) is 0 Å². The van der Waals surface area contributed by atoms with Crippen molar-refractivity contribution in [1.29, 1.82) is 0 Å². The Bertz CT molecular complexity index is 571. The van der Waals surface area contributed by atoms with E-state index >= 15 is 0 Å². The van der Waals surface area contributed by atoms with E-state index in [1.54, 1.807) is 6.20 Å². The maximum atomic E-state index is 4.28. The SMILES string of the molecule is C=CN=C1NC(c2ccc(NC)cc2)=CC1=C(C)C. The molecule has 0 amide bonds. The molecule has 3 heteroatoms. The molecule has 0 atom stereocenters. The van der Waals surface area contributed by atoms with Gasteiger partial charge in [-0.15, -0.1) is 0 Å². The van der Waals surface area contributed by atoms with E-state index in [2.05, 4.69) is 66.4 Å². The van der Waals surface area contributed by atoms with E-state index in [1.165, 1.54) is 5.57 Å². The van der Waals surface area contributed by atoms with Crippen LogP contribution in [0.3, 0.4) is 0 Å². The molecule has 1 aliphatic heterocycles. The molecule has 0 saturated carbocycles. The average Bonchev–Trinajstić information content (AvgIpc) is 2.83. The lowest BCUT2D eigenvalue weighted by atomic mass is 10.1. The van der Waals surface area contributed by atoms with Gasteiger partial charge in [0.05, 0.1) is 0 Å². The number of nitrogens with zero attached hydrogens (tertiary/aromatic N) is 1. The molecule has 1 aromatic rings. The van der Waals surface area contributed by atoms with Crippen LogP contribution in [0.4, 0.5) is 5.69 Å². The number of allylic oxidation sites excluding steroid dienone is 1. The van der Waals surface area contributed by atoms with Gasteiger partial charge in [0.15, 0.2) is 0 Å².